The molecule has 94 valence electrons. The molecular weight excluding hydrogens is 300 g/mol. The molecule has 0 saturated heterocycles. The minimum Gasteiger partial charge on any atom is -0.481 e. The van der Waals surface area contributed by atoms with Gasteiger partial charge in [0.25, 0.3) is 0 Å². The van der Waals surface area contributed by atoms with E-state index in [0.29, 0.717) is 18.2 Å². The van der Waals surface area contributed by atoms with Crippen LogP contribution in [0, 0.1) is 0 Å². The van der Waals surface area contributed by atoms with Gasteiger partial charge in [-0.05, 0) is 17.7 Å². The predicted octanol–water partition coefficient (Wildman–Crippen LogP) is 2.44. The van der Waals surface area contributed by atoms with E-state index in [1.807, 2.05) is 24.3 Å². The van der Waals surface area contributed by atoms with Crippen LogP contribution in [0.1, 0.15) is 23.8 Å². The first-order valence-electron chi connectivity index (χ1n) is 5.41. The molecule has 1 N–H and O–H groups in total. The van der Waals surface area contributed by atoms with Crippen LogP contribution in [0.25, 0.3) is 0 Å². The number of aryl methyl sites for hydroxylation is 1. The highest BCUT2D eigenvalue weighted by Crippen LogP contribution is 2.15. The number of hydrogen-bond donors (Lipinski definition) is 1. The standard InChI is InChI=1S/C12H11BrN2O3/c13-9-3-1-2-8(6-9)7-11-15-14-10(18-11)4-5-12(16)17/h1-3,6H,4-5,7H2,(H,16,17). The van der Waals surface area contributed by atoms with E-state index in [1.54, 1.807) is 0 Å². The van der Waals surface area contributed by atoms with Crippen LogP contribution in [0.2, 0.25) is 0 Å². The topological polar surface area (TPSA) is 76.2 Å². The van der Waals surface area contributed by atoms with Crippen LogP contribution >= 0.6 is 15.9 Å². The molecule has 1 aromatic heterocycles. The SMILES string of the molecule is O=C(O)CCc1nnc(Cc2cccc(Br)c2)o1. The number of carboxylic acid groups (broad SMARTS) is 1. The first-order valence-corrected chi connectivity index (χ1v) is 6.20. The Bertz CT molecular complexity index is 554. The molecule has 18 heavy (non-hydrogen) atoms. The fourth-order valence-corrected chi connectivity index (χ4v) is 1.94. The Labute approximate surface area is 112 Å². The summed E-state index contributed by atoms with van der Waals surface area (Å²) in [6, 6.07) is 7.81. The minimum atomic E-state index is -0.873. The van der Waals surface area contributed by atoms with Gasteiger partial charge >= 0.3 is 5.97 Å². The van der Waals surface area contributed by atoms with Crippen molar-refractivity contribution < 1.29 is 14.3 Å². The summed E-state index contributed by atoms with van der Waals surface area (Å²) in [5.41, 5.74) is 1.05. The summed E-state index contributed by atoms with van der Waals surface area (Å²) in [5.74, 6) is -0.0161. The molecule has 0 aliphatic rings. The lowest BCUT2D eigenvalue weighted by Gasteiger charge is -1.97. The quantitative estimate of drug-likeness (QED) is 0.918. The number of aromatic nitrogens is 2. The maximum Gasteiger partial charge on any atom is 0.303 e. The van der Waals surface area contributed by atoms with E-state index >= 15 is 0 Å². The molecule has 0 bridgehead atoms. The summed E-state index contributed by atoms with van der Waals surface area (Å²) in [7, 11) is 0. The van der Waals surface area contributed by atoms with Crippen molar-refractivity contribution in [2.75, 3.05) is 0 Å². The molecule has 2 rings (SSSR count). The number of hydrogen-bond acceptors (Lipinski definition) is 4. The molecule has 2 aromatic rings. The average Bonchev–Trinajstić information content (AvgIpc) is 2.74. The number of aliphatic carboxylic acids is 1. The lowest BCUT2D eigenvalue weighted by atomic mass is 10.1. The van der Waals surface area contributed by atoms with Gasteiger partial charge in [0, 0.05) is 10.9 Å². The Morgan fingerprint density at radius 3 is 2.83 bits per heavy atom. The lowest BCUT2D eigenvalue weighted by molar-refractivity contribution is -0.137. The van der Waals surface area contributed by atoms with Crippen LogP contribution < -0.4 is 0 Å². The lowest BCUT2D eigenvalue weighted by Crippen LogP contribution is -1.97. The van der Waals surface area contributed by atoms with Crippen LogP contribution in [-0.2, 0) is 17.6 Å². The Morgan fingerprint density at radius 1 is 1.33 bits per heavy atom. The second-order valence-corrected chi connectivity index (χ2v) is 4.71. The highest BCUT2D eigenvalue weighted by Gasteiger charge is 2.08. The summed E-state index contributed by atoms with van der Waals surface area (Å²) < 4.78 is 6.37. The van der Waals surface area contributed by atoms with Gasteiger partial charge in [-0.25, -0.2) is 0 Å². The molecular formula is C12H11BrN2O3. The van der Waals surface area contributed by atoms with Gasteiger partial charge in [0.2, 0.25) is 11.8 Å². The van der Waals surface area contributed by atoms with Crippen molar-refractivity contribution in [1.29, 1.82) is 0 Å². The molecule has 0 aliphatic heterocycles. The van der Waals surface area contributed by atoms with Crippen LogP contribution in [-0.4, -0.2) is 21.3 Å². The van der Waals surface area contributed by atoms with E-state index in [1.165, 1.54) is 0 Å². The molecule has 0 fully saturated rings. The van der Waals surface area contributed by atoms with Crippen LogP contribution in [0.5, 0.6) is 0 Å². The monoisotopic (exact) mass is 310 g/mol. The summed E-state index contributed by atoms with van der Waals surface area (Å²) >= 11 is 3.39. The number of carboxylic acids is 1. The smallest absolute Gasteiger partial charge is 0.303 e. The van der Waals surface area contributed by atoms with Gasteiger partial charge in [-0.3, -0.25) is 4.79 Å². The Balaban J connectivity index is 2.00. The molecule has 0 amide bonds. The highest BCUT2D eigenvalue weighted by molar-refractivity contribution is 9.10. The van der Waals surface area contributed by atoms with E-state index in [2.05, 4.69) is 26.1 Å². The largest absolute Gasteiger partial charge is 0.481 e. The Hall–Kier alpha value is -1.69. The van der Waals surface area contributed by atoms with E-state index in [4.69, 9.17) is 9.52 Å². The summed E-state index contributed by atoms with van der Waals surface area (Å²) in [5, 5.41) is 16.3. The number of benzene rings is 1. The number of nitrogens with zero attached hydrogens (tertiary/aromatic N) is 2. The molecule has 5 nitrogen and oxygen atoms in total. The van der Waals surface area contributed by atoms with Crippen molar-refractivity contribution in [3.63, 3.8) is 0 Å². The molecule has 0 unspecified atom stereocenters. The predicted molar refractivity (Wildman–Crippen MR) is 67.2 cm³/mol. The average molecular weight is 311 g/mol. The van der Waals surface area contributed by atoms with Gasteiger partial charge in [0.1, 0.15) is 0 Å². The summed E-state index contributed by atoms with van der Waals surface area (Å²) in [6.45, 7) is 0. The molecule has 6 heteroatoms. The van der Waals surface area contributed by atoms with Crippen molar-refractivity contribution in [3.8, 4) is 0 Å². The van der Waals surface area contributed by atoms with Crippen LogP contribution in [0.3, 0.4) is 0 Å². The third kappa shape index (κ3) is 3.66. The summed E-state index contributed by atoms with van der Waals surface area (Å²) in [6.07, 6.45) is 0.804. The second kappa shape index (κ2) is 5.77. The molecule has 0 saturated carbocycles. The molecule has 0 spiro atoms. The fraction of sp³-hybridized carbons (Fsp3) is 0.250. The minimum absolute atomic E-state index is 0.00147. The van der Waals surface area contributed by atoms with Gasteiger partial charge in [-0.1, -0.05) is 28.1 Å². The molecule has 1 aromatic carbocycles. The third-order valence-corrected chi connectivity index (χ3v) is 2.80. The van der Waals surface area contributed by atoms with Crippen molar-refractivity contribution in [3.05, 3.63) is 46.1 Å². The van der Waals surface area contributed by atoms with Gasteiger partial charge in [0.15, 0.2) is 0 Å². The molecule has 0 atom stereocenters. The third-order valence-electron chi connectivity index (χ3n) is 2.31. The van der Waals surface area contributed by atoms with Crippen molar-refractivity contribution in [2.45, 2.75) is 19.3 Å². The number of rotatable bonds is 5. The summed E-state index contributed by atoms with van der Waals surface area (Å²) in [4.78, 5) is 10.4. The molecule has 0 aliphatic carbocycles. The Kier molecular flexibility index (Phi) is 4.09. The van der Waals surface area contributed by atoms with Gasteiger partial charge < -0.3 is 9.52 Å². The fourth-order valence-electron chi connectivity index (χ4n) is 1.50. The van der Waals surface area contributed by atoms with E-state index in [0.717, 1.165) is 10.0 Å². The van der Waals surface area contributed by atoms with Gasteiger partial charge in [0.05, 0.1) is 12.8 Å². The normalized spacial score (nSPS) is 10.5. The number of halogens is 1. The Morgan fingerprint density at radius 2 is 2.11 bits per heavy atom. The highest BCUT2D eigenvalue weighted by atomic mass is 79.9. The van der Waals surface area contributed by atoms with Gasteiger partial charge in [-0.2, -0.15) is 0 Å². The first-order chi connectivity index (χ1) is 8.63. The van der Waals surface area contributed by atoms with E-state index in [-0.39, 0.29) is 12.8 Å². The first kappa shape index (κ1) is 12.8. The van der Waals surface area contributed by atoms with Crippen LogP contribution in [0.15, 0.2) is 33.2 Å². The second-order valence-electron chi connectivity index (χ2n) is 3.79. The molecule has 1 heterocycles. The van der Waals surface area contributed by atoms with Crippen molar-refractivity contribution in [1.82, 2.24) is 10.2 Å². The maximum absolute atomic E-state index is 10.4. The van der Waals surface area contributed by atoms with Gasteiger partial charge in [-0.15, -0.1) is 10.2 Å². The molecule has 0 radical (unpaired) electrons. The maximum atomic E-state index is 10.4. The van der Waals surface area contributed by atoms with Crippen LogP contribution in [0.4, 0.5) is 0 Å². The van der Waals surface area contributed by atoms with Crippen molar-refractivity contribution >= 4 is 21.9 Å². The zero-order valence-electron chi connectivity index (χ0n) is 9.47. The van der Waals surface area contributed by atoms with Crippen molar-refractivity contribution in [2.24, 2.45) is 0 Å². The van der Waals surface area contributed by atoms with E-state index in [9.17, 15) is 4.79 Å². The zero-order chi connectivity index (χ0) is 13.0. The van der Waals surface area contributed by atoms with E-state index < -0.39 is 5.97 Å². The zero-order valence-corrected chi connectivity index (χ0v) is 11.1. The number of carbonyl (C=O) groups is 1.